The molecule has 0 saturated carbocycles. The SMILES string of the molecule is c1ccc(N(c2ccccc2)c2ccc(-c3ccc4c(c3)c3c(c5cc(N(c6ccccc6)c6ccccc6)ccc5n3-c3ccc5ccccc5c3)n4-c3ccccc3)cc2)cc1. The number of nitrogens with zero attached hydrogens (tertiary/aromatic N) is 4. The minimum atomic E-state index is 1.09. The summed E-state index contributed by atoms with van der Waals surface area (Å²) in [5, 5.41) is 4.78. The summed E-state index contributed by atoms with van der Waals surface area (Å²) < 4.78 is 4.96. The quantitative estimate of drug-likeness (QED) is 0.144. The van der Waals surface area contributed by atoms with Crippen molar-refractivity contribution < 1.29 is 0 Å². The van der Waals surface area contributed by atoms with E-state index in [1.165, 1.54) is 32.6 Å². The molecule has 0 amide bonds. The molecule has 64 heavy (non-hydrogen) atoms. The van der Waals surface area contributed by atoms with E-state index in [-0.39, 0.29) is 0 Å². The van der Waals surface area contributed by atoms with Crippen molar-refractivity contribution in [3.05, 3.63) is 255 Å². The zero-order valence-electron chi connectivity index (χ0n) is 35.0. The van der Waals surface area contributed by atoms with Crippen molar-refractivity contribution >= 4 is 77.7 Å². The molecule has 0 fully saturated rings. The molecule has 0 aliphatic rings. The Kier molecular flexibility index (Phi) is 9.12. The molecule has 0 spiro atoms. The predicted molar refractivity (Wildman–Crippen MR) is 270 cm³/mol. The van der Waals surface area contributed by atoms with E-state index in [1.807, 2.05) is 0 Å². The molecule has 12 rings (SSSR count). The van der Waals surface area contributed by atoms with Crippen LogP contribution in [-0.2, 0) is 0 Å². The first-order chi connectivity index (χ1) is 31.8. The number of benzene rings is 10. The summed E-state index contributed by atoms with van der Waals surface area (Å²) in [4.78, 5) is 4.66. The highest BCUT2D eigenvalue weighted by atomic mass is 15.1. The van der Waals surface area contributed by atoms with E-state index >= 15 is 0 Å². The summed E-state index contributed by atoms with van der Waals surface area (Å²) in [6.45, 7) is 0. The zero-order chi connectivity index (χ0) is 42.4. The van der Waals surface area contributed by atoms with Crippen molar-refractivity contribution in [3.8, 4) is 22.5 Å². The minimum absolute atomic E-state index is 1.09. The molecule has 0 atom stereocenters. The molecule has 10 aromatic carbocycles. The standard InChI is InChI=1S/C60H42N4/c1-6-20-47(21-7-1)61(48-22-8-2-9-23-48)52-34-30-44(31-35-52)46-33-38-57-55(41-46)59-60(63(57)51-28-14-5-15-29-51)56-42-54(62(49-24-10-3-11-25-49)50-26-12-4-13-27-50)37-39-58(56)64(59)53-36-32-43-18-16-17-19-45(43)40-53/h1-42H. The Balaban J connectivity index is 1.11. The maximum absolute atomic E-state index is 2.49. The maximum atomic E-state index is 2.49. The number of hydrogen-bond donors (Lipinski definition) is 0. The maximum Gasteiger partial charge on any atom is 0.0804 e. The average Bonchev–Trinajstić information content (AvgIpc) is 3.88. The summed E-state index contributed by atoms with van der Waals surface area (Å²) >= 11 is 0. The fourth-order valence-corrected chi connectivity index (χ4v) is 9.53. The van der Waals surface area contributed by atoms with Gasteiger partial charge < -0.3 is 18.9 Å². The predicted octanol–water partition coefficient (Wildman–Crippen LogP) is 16.5. The summed E-state index contributed by atoms with van der Waals surface area (Å²) in [5.74, 6) is 0. The Labute approximate surface area is 372 Å². The van der Waals surface area contributed by atoms with E-state index in [2.05, 4.69) is 274 Å². The highest BCUT2D eigenvalue weighted by Gasteiger charge is 2.25. The van der Waals surface area contributed by atoms with Gasteiger partial charge in [0.15, 0.2) is 0 Å². The number of aromatic nitrogens is 2. The van der Waals surface area contributed by atoms with Crippen molar-refractivity contribution in [1.29, 1.82) is 0 Å². The molecule has 302 valence electrons. The fourth-order valence-electron chi connectivity index (χ4n) is 9.53. The van der Waals surface area contributed by atoms with Gasteiger partial charge in [-0.1, -0.05) is 140 Å². The van der Waals surface area contributed by atoms with Gasteiger partial charge in [0, 0.05) is 56.3 Å². The largest absolute Gasteiger partial charge is 0.311 e. The van der Waals surface area contributed by atoms with Crippen LogP contribution in [0, 0.1) is 0 Å². The summed E-state index contributed by atoms with van der Waals surface area (Å²) in [6.07, 6.45) is 0. The lowest BCUT2D eigenvalue weighted by atomic mass is 10.0. The van der Waals surface area contributed by atoms with Crippen LogP contribution in [0.3, 0.4) is 0 Å². The van der Waals surface area contributed by atoms with E-state index in [4.69, 9.17) is 0 Å². The zero-order valence-corrected chi connectivity index (χ0v) is 35.0. The molecule has 0 saturated heterocycles. The highest BCUT2D eigenvalue weighted by molar-refractivity contribution is 6.21. The Bertz CT molecular complexity index is 3500. The van der Waals surface area contributed by atoms with Crippen LogP contribution in [0.4, 0.5) is 34.1 Å². The molecule has 0 unspecified atom stereocenters. The monoisotopic (exact) mass is 818 g/mol. The number of fused-ring (bicyclic) bond motifs is 6. The Morgan fingerprint density at radius 1 is 0.250 bits per heavy atom. The lowest BCUT2D eigenvalue weighted by Crippen LogP contribution is -2.09. The van der Waals surface area contributed by atoms with Crippen molar-refractivity contribution in [1.82, 2.24) is 9.13 Å². The van der Waals surface area contributed by atoms with E-state index < -0.39 is 0 Å². The van der Waals surface area contributed by atoms with Gasteiger partial charge in [0.1, 0.15) is 0 Å². The van der Waals surface area contributed by atoms with Gasteiger partial charge in [-0.05, 0) is 137 Å². The van der Waals surface area contributed by atoms with Crippen molar-refractivity contribution in [2.45, 2.75) is 0 Å². The first-order valence-electron chi connectivity index (χ1n) is 21.8. The lowest BCUT2D eigenvalue weighted by molar-refractivity contribution is 1.18. The van der Waals surface area contributed by atoms with Gasteiger partial charge >= 0.3 is 0 Å². The molecule has 0 aliphatic heterocycles. The van der Waals surface area contributed by atoms with Crippen LogP contribution in [0.15, 0.2) is 255 Å². The van der Waals surface area contributed by atoms with Crippen molar-refractivity contribution in [2.75, 3.05) is 9.80 Å². The van der Waals surface area contributed by atoms with Crippen LogP contribution >= 0.6 is 0 Å². The Morgan fingerprint density at radius 3 is 1.22 bits per heavy atom. The van der Waals surface area contributed by atoms with E-state index in [9.17, 15) is 0 Å². The number of para-hydroxylation sites is 5. The third-order valence-electron chi connectivity index (χ3n) is 12.4. The average molecular weight is 819 g/mol. The van der Waals surface area contributed by atoms with Gasteiger partial charge in [0.25, 0.3) is 0 Å². The van der Waals surface area contributed by atoms with Gasteiger partial charge in [0.2, 0.25) is 0 Å². The fraction of sp³-hybridized carbons (Fsp3) is 0. The molecular weight excluding hydrogens is 777 g/mol. The van der Waals surface area contributed by atoms with Crippen LogP contribution in [0.2, 0.25) is 0 Å². The molecule has 4 heteroatoms. The molecule has 0 radical (unpaired) electrons. The Hall–Kier alpha value is -8.60. The first kappa shape index (κ1) is 37.2. The molecule has 4 nitrogen and oxygen atoms in total. The minimum Gasteiger partial charge on any atom is -0.311 e. The number of rotatable bonds is 9. The van der Waals surface area contributed by atoms with Crippen LogP contribution in [0.5, 0.6) is 0 Å². The first-order valence-corrected chi connectivity index (χ1v) is 21.8. The molecule has 0 aliphatic carbocycles. The molecule has 2 aromatic heterocycles. The molecular formula is C60H42N4. The summed E-state index contributed by atoms with van der Waals surface area (Å²) in [6, 6.07) is 91.8. The van der Waals surface area contributed by atoms with Gasteiger partial charge in [-0.15, -0.1) is 0 Å². The van der Waals surface area contributed by atoms with E-state index in [0.717, 1.165) is 67.7 Å². The van der Waals surface area contributed by atoms with Gasteiger partial charge in [-0.25, -0.2) is 0 Å². The second-order valence-electron chi connectivity index (χ2n) is 16.2. The van der Waals surface area contributed by atoms with E-state index in [1.54, 1.807) is 0 Å². The van der Waals surface area contributed by atoms with Crippen molar-refractivity contribution in [3.63, 3.8) is 0 Å². The van der Waals surface area contributed by atoms with Gasteiger partial charge in [-0.2, -0.15) is 0 Å². The second kappa shape index (κ2) is 15.7. The summed E-state index contributed by atoms with van der Waals surface area (Å²) in [5.41, 5.74) is 15.8. The molecule has 2 heterocycles. The molecule has 0 bridgehead atoms. The van der Waals surface area contributed by atoms with E-state index in [0.29, 0.717) is 0 Å². The third-order valence-corrected chi connectivity index (χ3v) is 12.4. The molecule has 12 aromatic rings. The van der Waals surface area contributed by atoms with Crippen LogP contribution in [0.25, 0.3) is 66.1 Å². The molecule has 0 N–H and O–H groups in total. The van der Waals surface area contributed by atoms with Crippen LogP contribution < -0.4 is 9.80 Å². The lowest BCUT2D eigenvalue weighted by Gasteiger charge is -2.25. The van der Waals surface area contributed by atoms with Gasteiger partial charge in [0.05, 0.1) is 22.1 Å². The Morgan fingerprint density at radius 2 is 0.656 bits per heavy atom. The van der Waals surface area contributed by atoms with Gasteiger partial charge in [-0.3, -0.25) is 0 Å². The van der Waals surface area contributed by atoms with Crippen LogP contribution in [-0.4, -0.2) is 9.13 Å². The summed E-state index contributed by atoms with van der Waals surface area (Å²) in [7, 11) is 0. The van der Waals surface area contributed by atoms with Crippen molar-refractivity contribution in [2.24, 2.45) is 0 Å². The smallest absolute Gasteiger partial charge is 0.0804 e. The second-order valence-corrected chi connectivity index (χ2v) is 16.2. The normalized spacial score (nSPS) is 11.4. The third kappa shape index (κ3) is 6.40. The highest BCUT2D eigenvalue weighted by Crippen LogP contribution is 2.45. The topological polar surface area (TPSA) is 16.3 Å². The number of hydrogen-bond acceptors (Lipinski definition) is 2. The number of anilines is 6. The van der Waals surface area contributed by atoms with Crippen LogP contribution in [0.1, 0.15) is 0 Å².